The third kappa shape index (κ3) is 3.84. The maximum Gasteiger partial charge on any atom is 0.457 e. The first kappa shape index (κ1) is 11.8. The molecule has 1 fully saturated rings. The molecule has 0 spiro atoms. The molecule has 1 aliphatic rings. The molecular weight excluding hydrogens is 193 g/mol. The summed E-state index contributed by atoms with van der Waals surface area (Å²) < 4.78 is 35.7. The van der Waals surface area contributed by atoms with Gasteiger partial charge in [0.15, 0.2) is 0 Å². The van der Waals surface area contributed by atoms with Crippen LogP contribution in [0.5, 0.6) is 0 Å². The standard InChI is InChI=1S/C9H17F3N2/c1-2-14-6-4-3-5-8(14)7-13-9(10,11)12/h8,13H,2-7H2,1H3/t8-/m0/s1. The predicted octanol–water partition coefficient (Wildman–Crippen LogP) is 1.97. The van der Waals surface area contributed by atoms with Crippen LogP contribution in [0, 0.1) is 0 Å². The van der Waals surface area contributed by atoms with Crippen LogP contribution >= 0.6 is 0 Å². The second kappa shape index (κ2) is 4.98. The zero-order valence-electron chi connectivity index (χ0n) is 8.40. The molecule has 0 aliphatic carbocycles. The number of alkyl halides is 3. The van der Waals surface area contributed by atoms with Gasteiger partial charge in [-0.3, -0.25) is 4.90 Å². The van der Waals surface area contributed by atoms with Crippen LogP contribution in [-0.2, 0) is 0 Å². The number of piperidine rings is 1. The van der Waals surface area contributed by atoms with Crippen molar-refractivity contribution >= 4 is 0 Å². The van der Waals surface area contributed by atoms with Crippen molar-refractivity contribution in [3.05, 3.63) is 0 Å². The molecule has 0 amide bonds. The van der Waals surface area contributed by atoms with Crippen molar-refractivity contribution in [3.8, 4) is 0 Å². The second-order valence-corrected chi connectivity index (χ2v) is 3.66. The first-order valence-electron chi connectivity index (χ1n) is 5.08. The molecule has 0 radical (unpaired) electrons. The molecule has 0 aromatic heterocycles. The van der Waals surface area contributed by atoms with Gasteiger partial charge in [-0.05, 0) is 25.9 Å². The van der Waals surface area contributed by atoms with E-state index in [-0.39, 0.29) is 12.6 Å². The van der Waals surface area contributed by atoms with E-state index in [1.54, 1.807) is 5.32 Å². The van der Waals surface area contributed by atoms with E-state index in [0.717, 1.165) is 32.4 Å². The minimum atomic E-state index is -4.24. The van der Waals surface area contributed by atoms with Crippen LogP contribution < -0.4 is 5.32 Å². The fourth-order valence-electron chi connectivity index (χ4n) is 1.94. The van der Waals surface area contributed by atoms with Gasteiger partial charge >= 0.3 is 6.30 Å². The van der Waals surface area contributed by atoms with E-state index in [2.05, 4.69) is 4.90 Å². The molecule has 1 atom stereocenters. The Kier molecular flexibility index (Phi) is 4.19. The third-order valence-corrected chi connectivity index (χ3v) is 2.69. The molecule has 14 heavy (non-hydrogen) atoms. The fourth-order valence-corrected chi connectivity index (χ4v) is 1.94. The largest absolute Gasteiger partial charge is 0.457 e. The topological polar surface area (TPSA) is 15.3 Å². The van der Waals surface area contributed by atoms with Crippen LogP contribution in [0.15, 0.2) is 0 Å². The summed E-state index contributed by atoms with van der Waals surface area (Å²) >= 11 is 0. The monoisotopic (exact) mass is 210 g/mol. The summed E-state index contributed by atoms with van der Waals surface area (Å²) in [6.07, 6.45) is -1.22. The summed E-state index contributed by atoms with van der Waals surface area (Å²) in [5.41, 5.74) is 0. The van der Waals surface area contributed by atoms with E-state index in [4.69, 9.17) is 0 Å². The summed E-state index contributed by atoms with van der Waals surface area (Å²) in [6, 6.07) is 0.0513. The molecule has 0 aromatic carbocycles. The fraction of sp³-hybridized carbons (Fsp3) is 1.00. The molecule has 0 aromatic rings. The highest BCUT2D eigenvalue weighted by Crippen LogP contribution is 2.17. The van der Waals surface area contributed by atoms with Gasteiger partial charge in [-0.15, -0.1) is 0 Å². The average molecular weight is 210 g/mol. The SMILES string of the molecule is CCN1CCCC[C@H]1CNC(F)(F)F. The van der Waals surface area contributed by atoms with Crippen molar-refractivity contribution in [2.75, 3.05) is 19.6 Å². The van der Waals surface area contributed by atoms with Gasteiger partial charge in [0.2, 0.25) is 0 Å². The molecule has 0 bridgehead atoms. The summed E-state index contributed by atoms with van der Waals surface area (Å²) in [4.78, 5) is 2.11. The predicted molar refractivity (Wildman–Crippen MR) is 48.9 cm³/mol. The maximum atomic E-state index is 11.9. The van der Waals surface area contributed by atoms with Gasteiger partial charge in [0, 0.05) is 12.6 Å². The molecule has 1 rings (SSSR count). The Morgan fingerprint density at radius 2 is 2.07 bits per heavy atom. The van der Waals surface area contributed by atoms with E-state index >= 15 is 0 Å². The second-order valence-electron chi connectivity index (χ2n) is 3.66. The van der Waals surface area contributed by atoms with Gasteiger partial charge in [0.05, 0.1) is 0 Å². The van der Waals surface area contributed by atoms with Crippen molar-refractivity contribution < 1.29 is 13.2 Å². The van der Waals surface area contributed by atoms with Crippen LogP contribution in [0.25, 0.3) is 0 Å². The van der Waals surface area contributed by atoms with Crippen LogP contribution in [0.4, 0.5) is 13.2 Å². The van der Waals surface area contributed by atoms with Gasteiger partial charge in [-0.1, -0.05) is 13.3 Å². The first-order valence-corrected chi connectivity index (χ1v) is 5.08. The highest BCUT2D eigenvalue weighted by atomic mass is 19.4. The molecule has 2 nitrogen and oxygen atoms in total. The lowest BCUT2D eigenvalue weighted by Gasteiger charge is -2.35. The van der Waals surface area contributed by atoms with Crippen molar-refractivity contribution in [1.29, 1.82) is 0 Å². The Morgan fingerprint density at radius 3 is 2.64 bits per heavy atom. The van der Waals surface area contributed by atoms with Crippen LogP contribution in [0.3, 0.4) is 0 Å². The third-order valence-electron chi connectivity index (χ3n) is 2.69. The highest BCUT2D eigenvalue weighted by Gasteiger charge is 2.29. The van der Waals surface area contributed by atoms with Gasteiger partial charge in [-0.25, -0.2) is 5.32 Å². The molecule has 1 aliphatic heterocycles. The zero-order chi connectivity index (χ0) is 10.6. The molecule has 1 saturated heterocycles. The van der Waals surface area contributed by atoms with Crippen molar-refractivity contribution in [2.45, 2.75) is 38.5 Å². The normalized spacial score (nSPS) is 25.3. The average Bonchev–Trinajstić information content (AvgIpc) is 2.14. The van der Waals surface area contributed by atoms with Crippen molar-refractivity contribution in [3.63, 3.8) is 0 Å². The van der Waals surface area contributed by atoms with Crippen molar-refractivity contribution in [1.82, 2.24) is 10.2 Å². The Balaban J connectivity index is 2.33. The summed E-state index contributed by atoms with van der Waals surface area (Å²) in [5, 5.41) is 1.61. The van der Waals surface area contributed by atoms with Gasteiger partial charge in [-0.2, -0.15) is 13.2 Å². The lowest BCUT2D eigenvalue weighted by atomic mass is 10.0. The van der Waals surface area contributed by atoms with E-state index in [0.29, 0.717) is 0 Å². The number of hydrogen-bond donors (Lipinski definition) is 1. The summed E-state index contributed by atoms with van der Waals surface area (Å²) in [5.74, 6) is 0. The summed E-state index contributed by atoms with van der Waals surface area (Å²) in [7, 11) is 0. The van der Waals surface area contributed by atoms with E-state index < -0.39 is 6.30 Å². The van der Waals surface area contributed by atoms with Crippen molar-refractivity contribution in [2.24, 2.45) is 0 Å². The first-order chi connectivity index (χ1) is 6.53. The maximum absolute atomic E-state index is 11.9. The van der Waals surface area contributed by atoms with Gasteiger partial charge in [0.25, 0.3) is 0 Å². The van der Waals surface area contributed by atoms with E-state index in [1.165, 1.54) is 0 Å². The van der Waals surface area contributed by atoms with E-state index in [1.807, 2.05) is 6.92 Å². The number of halogens is 3. The highest BCUT2D eigenvalue weighted by molar-refractivity contribution is 4.78. The van der Waals surface area contributed by atoms with Crippen LogP contribution in [0.1, 0.15) is 26.2 Å². The zero-order valence-corrected chi connectivity index (χ0v) is 8.40. The Labute approximate surface area is 82.5 Å². The Morgan fingerprint density at radius 1 is 1.36 bits per heavy atom. The molecular formula is C9H17F3N2. The van der Waals surface area contributed by atoms with Crippen LogP contribution in [0.2, 0.25) is 0 Å². The minimum absolute atomic E-state index is 0.0251. The Bertz CT molecular complexity index is 170. The lowest BCUT2D eigenvalue weighted by molar-refractivity contribution is -0.159. The molecule has 0 saturated carbocycles. The smallest absolute Gasteiger partial charge is 0.299 e. The molecule has 84 valence electrons. The van der Waals surface area contributed by atoms with Gasteiger partial charge in [0.1, 0.15) is 0 Å². The van der Waals surface area contributed by atoms with Gasteiger partial charge < -0.3 is 0 Å². The number of likely N-dealkylation sites (tertiary alicyclic amines) is 1. The summed E-state index contributed by atoms with van der Waals surface area (Å²) in [6.45, 7) is 3.79. The lowest BCUT2D eigenvalue weighted by Crippen LogP contribution is -2.48. The van der Waals surface area contributed by atoms with Crippen LogP contribution in [-0.4, -0.2) is 36.9 Å². The number of likely N-dealkylation sites (N-methyl/N-ethyl adjacent to an activating group) is 1. The Hall–Kier alpha value is -0.290. The molecule has 1 heterocycles. The number of nitrogens with zero attached hydrogens (tertiary/aromatic N) is 1. The number of nitrogens with one attached hydrogen (secondary N) is 1. The minimum Gasteiger partial charge on any atom is -0.299 e. The quantitative estimate of drug-likeness (QED) is 0.716. The molecule has 1 N–H and O–H groups in total. The molecule has 5 heteroatoms. The van der Waals surface area contributed by atoms with E-state index in [9.17, 15) is 13.2 Å². The number of rotatable bonds is 3. The molecule has 0 unspecified atom stereocenters. The number of hydrogen-bond acceptors (Lipinski definition) is 2.